The molecule has 0 fully saturated rings. The van der Waals surface area contributed by atoms with Crippen molar-refractivity contribution in [1.82, 2.24) is 9.97 Å². The summed E-state index contributed by atoms with van der Waals surface area (Å²) in [4.78, 5) is 21.4. The molecule has 0 bridgehead atoms. The summed E-state index contributed by atoms with van der Waals surface area (Å²) in [5, 5.41) is 0.215. The highest BCUT2D eigenvalue weighted by atomic mass is 35.5. The molecule has 0 aliphatic carbocycles. The van der Waals surface area contributed by atoms with Gasteiger partial charge in [-0.2, -0.15) is 26.3 Å². The number of carbonyl (C=O) groups excluding carboxylic acids is 1. The molecule has 0 unspecified atom stereocenters. The Balaban J connectivity index is 2.75. The Hall–Kier alpha value is -2.14. The molecule has 2 rings (SSSR count). The lowest BCUT2D eigenvalue weighted by Crippen LogP contribution is -2.66. The molecule has 176 valence electrons. The van der Waals surface area contributed by atoms with E-state index >= 15 is 0 Å². The lowest BCUT2D eigenvalue weighted by Gasteiger charge is -2.39. The second kappa shape index (κ2) is 9.38. The van der Waals surface area contributed by atoms with Gasteiger partial charge in [0.25, 0.3) is 6.10 Å². The predicted octanol–water partition coefficient (Wildman–Crippen LogP) is 5.16. The van der Waals surface area contributed by atoms with E-state index in [1.54, 1.807) is 6.07 Å². The average molecular weight is 499 g/mol. The van der Waals surface area contributed by atoms with Gasteiger partial charge in [0.1, 0.15) is 5.45 Å². The highest BCUT2D eigenvalue weighted by Crippen LogP contribution is 2.37. The summed E-state index contributed by atoms with van der Waals surface area (Å²) in [5.41, 5.74) is -0.431. The molecule has 1 aromatic heterocycles. The van der Waals surface area contributed by atoms with Crippen molar-refractivity contribution in [1.29, 1.82) is 0 Å². The molecule has 0 saturated heterocycles. The molecule has 0 atom stereocenters. The minimum atomic E-state index is -5.83. The first-order valence-electron chi connectivity index (χ1n) is 9.55. The van der Waals surface area contributed by atoms with Gasteiger partial charge in [0.2, 0.25) is 0 Å². The van der Waals surface area contributed by atoms with Crippen LogP contribution >= 0.6 is 11.6 Å². The highest BCUT2D eigenvalue weighted by molar-refractivity contribution is 7.03. The molecule has 0 spiro atoms. The zero-order valence-electron chi connectivity index (χ0n) is 17.6. The molecule has 0 aliphatic heterocycles. The fraction of sp³-hybridized carbons (Fsp3) is 0.450. The van der Waals surface area contributed by atoms with Crippen molar-refractivity contribution in [3.8, 4) is 0 Å². The van der Waals surface area contributed by atoms with Crippen LogP contribution in [0.25, 0.3) is 0 Å². The van der Waals surface area contributed by atoms with Crippen molar-refractivity contribution in [3.63, 3.8) is 0 Å². The maximum absolute atomic E-state index is 13.0. The van der Waals surface area contributed by atoms with Crippen LogP contribution in [0.15, 0.2) is 36.7 Å². The van der Waals surface area contributed by atoms with Crippen LogP contribution in [-0.4, -0.2) is 42.5 Å². The first-order valence-corrected chi connectivity index (χ1v) is 12.1. The van der Waals surface area contributed by atoms with Crippen LogP contribution in [0.5, 0.6) is 0 Å². The number of aromatic nitrogens is 2. The van der Waals surface area contributed by atoms with E-state index in [0.29, 0.717) is 5.45 Å². The third-order valence-electron chi connectivity index (χ3n) is 5.22. The summed E-state index contributed by atoms with van der Waals surface area (Å²) in [6.45, 7) is 7.39. The van der Waals surface area contributed by atoms with Gasteiger partial charge in [-0.1, -0.05) is 45.4 Å². The zero-order chi connectivity index (χ0) is 24.5. The Kier molecular flexibility index (Phi) is 7.66. The van der Waals surface area contributed by atoms with Crippen LogP contribution in [-0.2, 0) is 4.74 Å². The quantitative estimate of drug-likeness (QED) is 0.313. The number of alkyl halides is 6. The number of hydrogen-bond donors (Lipinski definition) is 0. The van der Waals surface area contributed by atoms with Gasteiger partial charge in [-0.3, -0.25) is 0 Å². The minimum absolute atomic E-state index is 0.0411. The normalized spacial score (nSPS) is 13.2. The number of hydrogen-bond acceptors (Lipinski definition) is 4. The Bertz CT molecular complexity index is 929. The van der Waals surface area contributed by atoms with E-state index < -0.39 is 38.1 Å². The van der Waals surface area contributed by atoms with Crippen molar-refractivity contribution < 1.29 is 35.9 Å². The van der Waals surface area contributed by atoms with Gasteiger partial charge in [0.15, 0.2) is 8.07 Å². The van der Waals surface area contributed by atoms with Crippen LogP contribution in [0.1, 0.15) is 38.1 Å². The summed E-state index contributed by atoms with van der Waals surface area (Å²) in [7, 11) is -3.12. The van der Waals surface area contributed by atoms with Crippen LogP contribution in [0.3, 0.4) is 0 Å². The first-order chi connectivity index (χ1) is 14.6. The van der Waals surface area contributed by atoms with E-state index in [-0.39, 0.29) is 21.3 Å². The molecule has 12 heteroatoms. The molecule has 2 aromatic rings. The SMILES string of the molecule is CC(C)[Si](c1ncccn1)(c1ccc(Cl)cc1C(=O)OC(C(F)(F)F)C(F)(F)F)C(C)C. The molecule has 0 aliphatic rings. The van der Waals surface area contributed by atoms with Crippen LogP contribution in [0.4, 0.5) is 26.3 Å². The van der Waals surface area contributed by atoms with E-state index in [4.69, 9.17) is 11.6 Å². The Morgan fingerprint density at radius 1 is 0.969 bits per heavy atom. The molecule has 0 radical (unpaired) electrons. The standard InChI is InChI=1S/C20H21ClF6N2O2Si/c1-11(2)32(12(3)4,18-28-8-5-9-29-18)15-7-6-13(21)10-14(15)16(30)31-17(19(22,23)24)20(25,26)27/h5-12,17H,1-4H3. The lowest BCUT2D eigenvalue weighted by molar-refractivity contribution is -0.307. The average Bonchev–Trinajstić information content (AvgIpc) is 2.66. The number of rotatable bonds is 6. The van der Waals surface area contributed by atoms with Gasteiger partial charge in [-0.05, 0) is 34.5 Å². The molecular weight excluding hydrogens is 478 g/mol. The van der Waals surface area contributed by atoms with E-state index in [0.717, 1.165) is 6.07 Å². The van der Waals surface area contributed by atoms with E-state index in [1.807, 2.05) is 27.7 Å². The number of halogens is 7. The van der Waals surface area contributed by atoms with Crippen LogP contribution in [0.2, 0.25) is 16.1 Å². The molecule has 0 amide bonds. The van der Waals surface area contributed by atoms with Gasteiger partial charge in [-0.15, -0.1) is 0 Å². The Labute approximate surface area is 187 Å². The predicted molar refractivity (Wildman–Crippen MR) is 110 cm³/mol. The van der Waals surface area contributed by atoms with Crippen molar-refractivity contribution in [2.24, 2.45) is 0 Å². The molecule has 1 heterocycles. The Morgan fingerprint density at radius 3 is 1.91 bits per heavy atom. The third kappa shape index (κ3) is 5.09. The number of benzene rings is 1. The van der Waals surface area contributed by atoms with Gasteiger partial charge in [-0.25, -0.2) is 14.8 Å². The molecule has 0 saturated carbocycles. The third-order valence-corrected chi connectivity index (χ3v) is 11.4. The Morgan fingerprint density at radius 2 is 1.47 bits per heavy atom. The zero-order valence-corrected chi connectivity index (χ0v) is 19.3. The summed E-state index contributed by atoms with van der Waals surface area (Å²) in [6.07, 6.45) is -12.9. The monoisotopic (exact) mass is 498 g/mol. The van der Waals surface area contributed by atoms with Crippen LogP contribution < -0.4 is 10.6 Å². The van der Waals surface area contributed by atoms with Crippen molar-refractivity contribution in [3.05, 3.63) is 47.2 Å². The summed E-state index contributed by atoms with van der Waals surface area (Å²) >= 11 is 5.96. The summed E-state index contributed by atoms with van der Waals surface area (Å²) in [6, 6.07) is 5.47. The lowest BCUT2D eigenvalue weighted by atomic mass is 10.2. The fourth-order valence-electron chi connectivity index (χ4n) is 3.97. The van der Waals surface area contributed by atoms with Crippen molar-refractivity contribution in [2.75, 3.05) is 0 Å². The van der Waals surface area contributed by atoms with Gasteiger partial charge in [0, 0.05) is 17.4 Å². The smallest absolute Gasteiger partial charge is 0.434 e. The highest BCUT2D eigenvalue weighted by Gasteiger charge is 2.60. The summed E-state index contributed by atoms with van der Waals surface area (Å²) in [5.74, 6) is -1.77. The number of ether oxygens (including phenoxy) is 1. The second-order valence-electron chi connectivity index (χ2n) is 7.81. The number of carbonyl (C=O) groups is 1. The maximum Gasteiger partial charge on any atom is 0.434 e. The number of esters is 1. The first kappa shape index (κ1) is 26.1. The largest absolute Gasteiger partial charge is 0.439 e. The molecule has 1 aromatic carbocycles. The fourth-order valence-corrected chi connectivity index (χ4v) is 9.55. The molecule has 0 N–H and O–H groups in total. The van der Waals surface area contributed by atoms with Crippen LogP contribution in [0, 0.1) is 0 Å². The van der Waals surface area contributed by atoms with Crippen molar-refractivity contribution >= 4 is 36.3 Å². The van der Waals surface area contributed by atoms with Gasteiger partial charge in [0.05, 0.1) is 5.56 Å². The van der Waals surface area contributed by atoms with E-state index in [9.17, 15) is 31.1 Å². The topological polar surface area (TPSA) is 52.1 Å². The minimum Gasteiger partial charge on any atom is -0.439 e. The van der Waals surface area contributed by atoms with E-state index in [1.165, 1.54) is 24.5 Å². The molecule has 4 nitrogen and oxygen atoms in total. The van der Waals surface area contributed by atoms with Crippen molar-refractivity contribution in [2.45, 2.75) is 57.2 Å². The van der Waals surface area contributed by atoms with E-state index in [2.05, 4.69) is 14.7 Å². The maximum atomic E-state index is 13.0. The number of nitrogens with zero attached hydrogens (tertiary/aromatic N) is 2. The molecular formula is C20H21ClF6N2O2Si. The summed E-state index contributed by atoms with van der Waals surface area (Å²) < 4.78 is 81.9. The van der Waals surface area contributed by atoms with Gasteiger partial charge < -0.3 is 4.74 Å². The van der Waals surface area contributed by atoms with Gasteiger partial charge >= 0.3 is 18.3 Å². The second-order valence-corrected chi connectivity index (χ2v) is 13.3. The molecule has 32 heavy (non-hydrogen) atoms.